The van der Waals surface area contributed by atoms with Gasteiger partial charge in [-0.05, 0) is 50.6 Å². The lowest BCUT2D eigenvalue weighted by molar-refractivity contribution is 0.123. The monoisotopic (exact) mass is 266 g/mol. The van der Waals surface area contributed by atoms with Gasteiger partial charge in [0.1, 0.15) is 0 Å². The van der Waals surface area contributed by atoms with Crippen molar-refractivity contribution in [1.82, 2.24) is 10.2 Å². The molecule has 1 aliphatic heterocycles. The number of nitrogens with zero attached hydrogens (tertiary/aromatic N) is 1. The number of nitrogens with one attached hydrogen (secondary N) is 1. The van der Waals surface area contributed by atoms with E-state index in [4.69, 9.17) is 0 Å². The van der Waals surface area contributed by atoms with Crippen LogP contribution in [0.2, 0.25) is 0 Å². The fourth-order valence-corrected chi connectivity index (χ4v) is 4.05. The molecular formula is C17H34N2. The van der Waals surface area contributed by atoms with Crippen LogP contribution in [0, 0.1) is 11.8 Å². The standard InChI is InChI=1S/C17H34N2/c1-4-15-7-5-8-17(12-15)19-10-6-9-18-16(13-19)11-14(2)3/h14-18H,4-13H2,1-3H3. The highest BCUT2D eigenvalue weighted by Gasteiger charge is 2.28. The molecule has 1 aliphatic carbocycles. The van der Waals surface area contributed by atoms with Gasteiger partial charge in [-0.3, -0.25) is 4.90 Å². The second-order valence-electron chi connectivity index (χ2n) is 7.22. The van der Waals surface area contributed by atoms with Gasteiger partial charge in [0, 0.05) is 18.6 Å². The summed E-state index contributed by atoms with van der Waals surface area (Å²) in [6.07, 6.45) is 9.91. The summed E-state index contributed by atoms with van der Waals surface area (Å²) in [6.45, 7) is 10.9. The van der Waals surface area contributed by atoms with Crippen LogP contribution in [0.5, 0.6) is 0 Å². The Balaban J connectivity index is 1.89. The smallest absolute Gasteiger partial charge is 0.0197 e. The number of hydrogen-bond donors (Lipinski definition) is 1. The Labute approximate surface area is 120 Å². The van der Waals surface area contributed by atoms with Crippen LogP contribution in [0.25, 0.3) is 0 Å². The van der Waals surface area contributed by atoms with Crippen LogP contribution in [0.3, 0.4) is 0 Å². The third-order valence-corrected chi connectivity index (χ3v) is 5.11. The average Bonchev–Trinajstić information content (AvgIpc) is 2.64. The van der Waals surface area contributed by atoms with Gasteiger partial charge in [-0.1, -0.05) is 40.0 Å². The Morgan fingerprint density at radius 3 is 2.79 bits per heavy atom. The van der Waals surface area contributed by atoms with Crippen LogP contribution in [0.15, 0.2) is 0 Å². The van der Waals surface area contributed by atoms with Crippen LogP contribution in [-0.2, 0) is 0 Å². The maximum Gasteiger partial charge on any atom is 0.0197 e. The first-order chi connectivity index (χ1) is 9.19. The molecule has 0 spiro atoms. The summed E-state index contributed by atoms with van der Waals surface area (Å²) in [5, 5.41) is 3.77. The molecule has 112 valence electrons. The third-order valence-electron chi connectivity index (χ3n) is 5.11. The lowest BCUT2D eigenvalue weighted by Gasteiger charge is -2.38. The molecule has 2 rings (SSSR count). The lowest BCUT2D eigenvalue weighted by atomic mass is 9.83. The number of hydrogen-bond acceptors (Lipinski definition) is 2. The van der Waals surface area contributed by atoms with Crippen LogP contribution >= 0.6 is 0 Å². The highest BCUT2D eigenvalue weighted by molar-refractivity contribution is 4.85. The number of rotatable bonds is 4. The van der Waals surface area contributed by atoms with Gasteiger partial charge in [-0.2, -0.15) is 0 Å². The maximum absolute atomic E-state index is 3.77. The van der Waals surface area contributed by atoms with E-state index in [1.807, 2.05) is 0 Å². The summed E-state index contributed by atoms with van der Waals surface area (Å²) in [4.78, 5) is 2.83. The zero-order chi connectivity index (χ0) is 13.7. The zero-order valence-electron chi connectivity index (χ0n) is 13.3. The van der Waals surface area contributed by atoms with Crippen LogP contribution < -0.4 is 5.32 Å². The molecule has 1 heterocycles. The molecule has 3 atom stereocenters. The predicted octanol–water partition coefficient (Wildman–Crippen LogP) is 3.67. The second kappa shape index (κ2) is 7.64. The second-order valence-corrected chi connectivity index (χ2v) is 7.22. The van der Waals surface area contributed by atoms with Crippen molar-refractivity contribution in [3.05, 3.63) is 0 Å². The molecule has 1 saturated heterocycles. The van der Waals surface area contributed by atoms with Crippen molar-refractivity contribution < 1.29 is 0 Å². The van der Waals surface area contributed by atoms with Gasteiger partial charge in [-0.15, -0.1) is 0 Å². The van der Waals surface area contributed by atoms with Crippen molar-refractivity contribution in [2.24, 2.45) is 11.8 Å². The fourth-order valence-electron chi connectivity index (χ4n) is 4.05. The van der Waals surface area contributed by atoms with Gasteiger partial charge in [-0.25, -0.2) is 0 Å². The summed E-state index contributed by atoms with van der Waals surface area (Å²) < 4.78 is 0. The largest absolute Gasteiger partial charge is 0.313 e. The molecule has 2 fully saturated rings. The molecule has 0 bridgehead atoms. The third kappa shape index (κ3) is 4.75. The van der Waals surface area contributed by atoms with Crippen molar-refractivity contribution in [3.8, 4) is 0 Å². The normalized spacial score (nSPS) is 34.4. The minimum absolute atomic E-state index is 0.726. The van der Waals surface area contributed by atoms with E-state index >= 15 is 0 Å². The Morgan fingerprint density at radius 1 is 1.21 bits per heavy atom. The van der Waals surface area contributed by atoms with E-state index in [0.717, 1.165) is 23.9 Å². The molecular weight excluding hydrogens is 232 g/mol. The van der Waals surface area contributed by atoms with E-state index in [2.05, 4.69) is 31.0 Å². The van der Waals surface area contributed by atoms with Crippen LogP contribution in [0.1, 0.15) is 65.7 Å². The Bertz CT molecular complexity index is 252. The van der Waals surface area contributed by atoms with Crippen LogP contribution in [0.4, 0.5) is 0 Å². The molecule has 0 aromatic heterocycles. The van der Waals surface area contributed by atoms with Gasteiger partial charge in [0.15, 0.2) is 0 Å². The zero-order valence-corrected chi connectivity index (χ0v) is 13.3. The van der Waals surface area contributed by atoms with E-state index < -0.39 is 0 Å². The van der Waals surface area contributed by atoms with Crippen molar-refractivity contribution in [2.75, 3.05) is 19.6 Å². The fraction of sp³-hybridized carbons (Fsp3) is 1.00. The van der Waals surface area contributed by atoms with Crippen LogP contribution in [-0.4, -0.2) is 36.6 Å². The van der Waals surface area contributed by atoms with Gasteiger partial charge in [0.2, 0.25) is 0 Å². The highest BCUT2D eigenvalue weighted by Crippen LogP contribution is 2.30. The summed E-state index contributed by atoms with van der Waals surface area (Å²) in [5.74, 6) is 1.81. The van der Waals surface area contributed by atoms with E-state index in [9.17, 15) is 0 Å². The molecule has 0 amide bonds. The van der Waals surface area contributed by atoms with Gasteiger partial charge >= 0.3 is 0 Å². The first-order valence-corrected chi connectivity index (χ1v) is 8.66. The van der Waals surface area contributed by atoms with E-state index in [1.165, 1.54) is 64.6 Å². The Kier molecular flexibility index (Phi) is 6.15. The summed E-state index contributed by atoms with van der Waals surface area (Å²) in [6, 6.07) is 1.61. The average molecular weight is 266 g/mol. The van der Waals surface area contributed by atoms with Crippen molar-refractivity contribution in [3.63, 3.8) is 0 Å². The Hall–Kier alpha value is -0.0800. The molecule has 19 heavy (non-hydrogen) atoms. The van der Waals surface area contributed by atoms with Crippen molar-refractivity contribution >= 4 is 0 Å². The molecule has 0 aromatic carbocycles. The highest BCUT2D eigenvalue weighted by atomic mass is 15.2. The first-order valence-electron chi connectivity index (χ1n) is 8.66. The SMILES string of the molecule is CCC1CCCC(N2CCCNC(CC(C)C)C2)C1. The minimum Gasteiger partial charge on any atom is -0.313 e. The molecule has 0 radical (unpaired) electrons. The lowest BCUT2D eigenvalue weighted by Crippen LogP contribution is -2.45. The van der Waals surface area contributed by atoms with E-state index in [-0.39, 0.29) is 0 Å². The summed E-state index contributed by atoms with van der Waals surface area (Å²) in [5.41, 5.74) is 0. The molecule has 2 aliphatic rings. The quantitative estimate of drug-likeness (QED) is 0.835. The predicted molar refractivity (Wildman–Crippen MR) is 83.5 cm³/mol. The molecule has 2 heteroatoms. The van der Waals surface area contributed by atoms with E-state index in [0.29, 0.717) is 0 Å². The van der Waals surface area contributed by atoms with Gasteiger partial charge < -0.3 is 5.32 Å². The first kappa shape index (κ1) is 15.3. The molecule has 1 saturated carbocycles. The maximum atomic E-state index is 3.77. The Morgan fingerprint density at radius 2 is 2.05 bits per heavy atom. The molecule has 1 N–H and O–H groups in total. The van der Waals surface area contributed by atoms with E-state index in [1.54, 1.807) is 0 Å². The summed E-state index contributed by atoms with van der Waals surface area (Å²) in [7, 11) is 0. The molecule has 3 unspecified atom stereocenters. The minimum atomic E-state index is 0.726. The summed E-state index contributed by atoms with van der Waals surface area (Å²) >= 11 is 0. The van der Waals surface area contributed by atoms with Crippen molar-refractivity contribution in [2.45, 2.75) is 77.8 Å². The van der Waals surface area contributed by atoms with Crippen molar-refractivity contribution in [1.29, 1.82) is 0 Å². The molecule has 0 aromatic rings. The topological polar surface area (TPSA) is 15.3 Å². The van der Waals surface area contributed by atoms with Gasteiger partial charge in [0.05, 0.1) is 0 Å². The van der Waals surface area contributed by atoms with Gasteiger partial charge in [0.25, 0.3) is 0 Å². The molecule has 2 nitrogen and oxygen atoms in total.